The van der Waals surface area contributed by atoms with E-state index in [1.165, 1.54) is 15.3 Å². The molecular weight excluding hydrogens is 272 g/mol. The predicted molar refractivity (Wildman–Crippen MR) is 83.3 cm³/mol. The molecule has 0 aromatic carbocycles. The lowest BCUT2D eigenvalue weighted by molar-refractivity contribution is -0.00461. The number of nitrogens with one attached hydrogen (secondary N) is 1. The number of nitrogens with zero attached hydrogens (tertiary/aromatic N) is 1. The van der Waals surface area contributed by atoms with Crippen molar-refractivity contribution in [3.63, 3.8) is 0 Å². The Bertz CT molecular complexity index is 410. The van der Waals surface area contributed by atoms with E-state index in [-0.39, 0.29) is 12.2 Å². The summed E-state index contributed by atoms with van der Waals surface area (Å²) in [6, 6.07) is 2.34. The van der Waals surface area contributed by atoms with Crippen LogP contribution < -0.4 is 5.32 Å². The number of rotatable bonds is 7. The standard InChI is InChI=1S/C15H26N2O2S/c1-5-16-7-13-6-12(11(2)20-13)8-17-9-14(18-3)15(10-17)19-4/h6,14-16H,5,7-10H2,1-4H3. The van der Waals surface area contributed by atoms with Crippen molar-refractivity contribution in [2.45, 2.75) is 39.1 Å². The number of likely N-dealkylation sites (tertiary alicyclic amines) is 1. The van der Waals surface area contributed by atoms with Crippen LogP contribution in [0.15, 0.2) is 6.07 Å². The summed E-state index contributed by atoms with van der Waals surface area (Å²) in [5.74, 6) is 0. The Balaban J connectivity index is 1.95. The largest absolute Gasteiger partial charge is 0.377 e. The topological polar surface area (TPSA) is 33.7 Å². The van der Waals surface area contributed by atoms with Gasteiger partial charge in [-0.2, -0.15) is 0 Å². The van der Waals surface area contributed by atoms with Gasteiger partial charge in [0.2, 0.25) is 0 Å². The van der Waals surface area contributed by atoms with Gasteiger partial charge < -0.3 is 14.8 Å². The second kappa shape index (κ2) is 7.52. The number of hydrogen-bond acceptors (Lipinski definition) is 5. The molecule has 1 fully saturated rings. The lowest BCUT2D eigenvalue weighted by atomic mass is 10.2. The lowest BCUT2D eigenvalue weighted by Crippen LogP contribution is -2.27. The summed E-state index contributed by atoms with van der Waals surface area (Å²) in [6.07, 6.45) is 0.389. The number of hydrogen-bond donors (Lipinski definition) is 1. The summed E-state index contributed by atoms with van der Waals surface area (Å²) in [4.78, 5) is 5.27. The van der Waals surface area contributed by atoms with Gasteiger partial charge in [-0.05, 0) is 25.1 Å². The van der Waals surface area contributed by atoms with Crippen LogP contribution in [0.2, 0.25) is 0 Å². The highest BCUT2D eigenvalue weighted by atomic mass is 32.1. The van der Waals surface area contributed by atoms with E-state index >= 15 is 0 Å². The molecule has 0 bridgehead atoms. The maximum absolute atomic E-state index is 5.50. The molecule has 20 heavy (non-hydrogen) atoms. The van der Waals surface area contributed by atoms with Crippen LogP contribution in [0, 0.1) is 6.92 Å². The highest BCUT2D eigenvalue weighted by molar-refractivity contribution is 7.12. The summed E-state index contributed by atoms with van der Waals surface area (Å²) in [7, 11) is 3.54. The van der Waals surface area contributed by atoms with E-state index in [9.17, 15) is 0 Å². The molecule has 1 saturated heterocycles. The molecule has 1 aromatic rings. The first kappa shape index (κ1) is 15.9. The van der Waals surface area contributed by atoms with Gasteiger partial charge in [-0.15, -0.1) is 11.3 Å². The van der Waals surface area contributed by atoms with E-state index in [2.05, 4.69) is 30.1 Å². The molecule has 5 heteroatoms. The Hall–Kier alpha value is -0.460. The van der Waals surface area contributed by atoms with Crippen LogP contribution in [-0.2, 0) is 22.6 Å². The van der Waals surface area contributed by atoms with Gasteiger partial charge >= 0.3 is 0 Å². The van der Waals surface area contributed by atoms with Crippen molar-refractivity contribution in [1.29, 1.82) is 0 Å². The van der Waals surface area contributed by atoms with Gasteiger partial charge in [0.15, 0.2) is 0 Å². The minimum atomic E-state index is 0.195. The van der Waals surface area contributed by atoms with Crippen molar-refractivity contribution in [3.8, 4) is 0 Å². The second-order valence-corrected chi connectivity index (χ2v) is 6.66. The summed E-state index contributed by atoms with van der Waals surface area (Å²) in [6.45, 7) is 9.25. The van der Waals surface area contributed by atoms with Crippen LogP contribution in [0.1, 0.15) is 22.2 Å². The molecule has 2 atom stereocenters. The molecule has 0 amide bonds. The molecule has 0 spiro atoms. The number of ether oxygens (including phenoxy) is 2. The summed E-state index contributed by atoms with van der Waals surface area (Å²) in [5, 5.41) is 3.39. The fourth-order valence-electron chi connectivity index (χ4n) is 2.72. The van der Waals surface area contributed by atoms with Gasteiger partial charge in [0.05, 0.1) is 12.2 Å². The van der Waals surface area contributed by atoms with Crippen LogP contribution in [0.3, 0.4) is 0 Å². The van der Waals surface area contributed by atoms with E-state index in [1.54, 1.807) is 14.2 Å². The van der Waals surface area contributed by atoms with Crippen LogP contribution >= 0.6 is 11.3 Å². The first-order valence-corrected chi connectivity index (χ1v) is 8.06. The molecule has 1 N–H and O–H groups in total. The van der Waals surface area contributed by atoms with Gasteiger partial charge in [-0.1, -0.05) is 6.92 Å². The molecule has 2 heterocycles. The van der Waals surface area contributed by atoms with Gasteiger partial charge in [-0.25, -0.2) is 0 Å². The number of thiophene rings is 1. The van der Waals surface area contributed by atoms with Crippen molar-refractivity contribution >= 4 is 11.3 Å². The highest BCUT2D eigenvalue weighted by Crippen LogP contribution is 2.25. The van der Waals surface area contributed by atoms with E-state index in [4.69, 9.17) is 9.47 Å². The summed E-state index contributed by atoms with van der Waals surface area (Å²) in [5.41, 5.74) is 1.44. The normalized spacial score (nSPS) is 23.6. The molecule has 2 rings (SSSR count). The van der Waals surface area contributed by atoms with Gasteiger partial charge in [0, 0.05) is 50.2 Å². The van der Waals surface area contributed by atoms with Crippen molar-refractivity contribution in [1.82, 2.24) is 10.2 Å². The van der Waals surface area contributed by atoms with E-state index in [1.807, 2.05) is 11.3 Å². The van der Waals surface area contributed by atoms with Crippen LogP contribution in [0.4, 0.5) is 0 Å². The zero-order chi connectivity index (χ0) is 14.5. The van der Waals surface area contributed by atoms with E-state index in [0.717, 1.165) is 32.7 Å². The molecule has 0 aliphatic carbocycles. The molecule has 114 valence electrons. The third kappa shape index (κ3) is 3.80. The number of aryl methyl sites for hydroxylation is 1. The van der Waals surface area contributed by atoms with E-state index < -0.39 is 0 Å². The van der Waals surface area contributed by atoms with Crippen molar-refractivity contribution in [2.75, 3.05) is 33.9 Å². The van der Waals surface area contributed by atoms with Crippen LogP contribution in [-0.4, -0.2) is 51.0 Å². The quantitative estimate of drug-likeness (QED) is 0.835. The van der Waals surface area contributed by atoms with Gasteiger partial charge in [-0.3, -0.25) is 4.90 Å². The maximum atomic E-state index is 5.50. The van der Waals surface area contributed by atoms with Gasteiger partial charge in [0.1, 0.15) is 0 Å². The molecular formula is C15H26N2O2S. The number of methoxy groups -OCH3 is 2. The minimum absolute atomic E-state index is 0.195. The average molecular weight is 298 g/mol. The maximum Gasteiger partial charge on any atom is 0.0971 e. The van der Waals surface area contributed by atoms with Gasteiger partial charge in [0.25, 0.3) is 0 Å². The molecule has 2 unspecified atom stereocenters. The minimum Gasteiger partial charge on any atom is -0.377 e. The summed E-state index contributed by atoms with van der Waals surface area (Å²) >= 11 is 1.90. The molecule has 4 nitrogen and oxygen atoms in total. The lowest BCUT2D eigenvalue weighted by Gasteiger charge is -2.14. The second-order valence-electron chi connectivity index (χ2n) is 5.32. The van der Waals surface area contributed by atoms with Crippen molar-refractivity contribution < 1.29 is 9.47 Å². The monoisotopic (exact) mass is 298 g/mol. The first-order valence-electron chi connectivity index (χ1n) is 7.24. The van der Waals surface area contributed by atoms with Crippen molar-refractivity contribution in [3.05, 3.63) is 21.4 Å². The average Bonchev–Trinajstić information content (AvgIpc) is 3.00. The predicted octanol–water partition coefficient (Wildman–Crippen LogP) is 2.01. The molecule has 1 aliphatic heterocycles. The zero-order valence-electron chi connectivity index (χ0n) is 12.9. The van der Waals surface area contributed by atoms with E-state index in [0.29, 0.717) is 0 Å². The molecule has 1 aromatic heterocycles. The molecule has 0 radical (unpaired) electrons. The third-order valence-corrected chi connectivity index (χ3v) is 5.00. The zero-order valence-corrected chi connectivity index (χ0v) is 13.8. The summed E-state index contributed by atoms with van der Waals surface area (Å²) < 4.78 is 11.0. The highest BCUT2D eigenvalue weighted by Gasteiger charge is 2.33. The smallest absolute Gasteiger partial charge is 0.0971 e. The Morgan fingerprint density at radius 3 is 2.50 bits per heavy atom. The van der Waals surface area contributed by atoms with Crippen LogP contribution in [0.5, 0.6) is 0 Å². The fourth-order valence-corrected chi connectivity index (χ4v) is 3.74. The van der Waals surface area contributed by atoms with Crippen molar-refractivity contribution in [2.24, 2.45) is 0 Å². The first-order chi connectivity index (χ1) is 9.67. The Kier molecular flexibility index (Phi) is 5.99. The fraction of sp³-hybridized carbons (Fsp3) is 0.733. The Labute approximate surface area is 126 Å². The molecule has 0 saturated carbocycles. The Morgan fingerprint density at radius 1 is 1.30 bits per heavy atom. The van der Waals surface area contributed by atoms with Crippen LogP contribution in [0.25, 0.3) is 0 Å². The molecule has 1 aliphatic rings. The SMILES string of the molecule is CCNCc1cc(CN2CC(OC)C(OC)C2)c(C)s1. The third-order valence-electron chi connectivity index (χ3n) is 3.91. The Morgan fingerprint density at radius 2 is 1.95 bits per heavy atom.